The lowest BCUT2D eigenvalue weighted by molar-refractivity contribution is -0.662. The van der Waals surface area contributed by atoms with Crippen LogP contribution in [0.25, 0.3) is 0 Å². The van der Waals surface area contributed by atoms with E-state index in [2.05, 4.69) is 0 Å². The van der Waals surface area contributed by atoms with Crippen molar-refractivity contribution in [3.8, 4) is 0 Å². The highest BCUT2D eigenvalue weighted by atomic mass is 19.4. The first-order valence-electron chi connectivity index (χ1n) is 11.0. The summed E-state index contributed by atoms with van der Waals surface area (Å²) in [6, 6.07) is 0. The highest BCUT2D eigenvalue weighted by Crippen LogP contribution is 2.96. The predicted molar refractivity (Wildman–Crippen MR) is 94.7 cm³/mol. The number of hydrogen-bond donors (Lipinski definition) is 0. The number of rotatable bonds is 8. The molecule has 0 N–H and O–H groups in total. The second-order valence-electron chi connectivity index (χ2n) is 10.0. The highest BCUT2D eigenvalue weighted by molar-refractivity contribution is 5.86. The summed E-state index contributed by atoms with van der Waals surface area (Å²) in [6.07, 6.45) is -16.9. The van der Waals surface area contributed by atoms with E-state index in [1.54, 1.807) is 13.2 Å². The summed E-state index contributed by atoms with van der Waals surface area (Å²) in [5, 5.41) is 0. The normalized spacial score (nSPS) is 35.5. The minimum Gasteiger partial charge on any atom is -0.391 e. The van der Waals surface area contributed by atoms with E-state index in [1.165, 1.54) is 0 Å². The molecule has 4 bridgehead atoms. The van der Waals surface area contributed by atoms with Gasteiger partial charge >= 0.3 is 77.0 Å². The Labute approximate surface area is 244 Å². The summed E-state index contributed by atoms with van der Waals surface area (Å²) in [4.78, 5) is 22.0. The molecule has 0 aromatic heterocycles. The lowest BCUT2D eigenvalue weighted by atomic mass is 9.30. The van der Waals surface area contributed by atoms with Crippen molar-refractivity contribution in [2.75, 3.05) is 0 Å². The maximum atomic E-state index is 15.8. The Morgan fingerprint density at radius 1 is 0.417 bits per heavy atom. The zero-order valence-corrected chi connectivity index (χ0v) is 21.1. The van der Waals surface area contributed by atoms with E-state index in [0.29, 0.717) is 0 Å². The van der Waals surface area contributed by atoms with Crippen LogP contribution in [0.1, 0.15) is 0 Å². The molecule has 48 heavy (non-hydrogen) atoms. The number of alkyl halides is 22. The van der Waals surface area contributed by atoms with E-state index in [1.807, 2.05) is 9.47 Å². The Morgan fingerprint density at radius 2 is 0.625 bits per heavy atom. The zero-order valence-electron chi connectivity index (χ0n) is 21.1. The molecule has 4 rings (SSSR count). The molecule has 4 aliphatic rings. The van der Waals surface area contributed by atoms with Gasteiger partial charge in [-0.3, -0.25) is 0 Å². The minimum atomic E-state index is -9.90. The standard InChI is InChI=1S/C20H4F24O4/c1-3(21)5(45)47-19(41,42)16(35,36)7-11(25,26)8(17(37,38)20(43,44)48-6(46)4(2)22)14(31,32)9(23,12(7,27)28)18(39,40)10(24,13(7,29)30)15(8,33)34/h1-2H2. The molecule has 0 aromatic rings. The van der Waals surface area contributed by atoms with Crippen LogP contribution in [0.4, 0.5) is 105 Å². The topological polar surface area (TPSA) is 52.6 Å². The second kappa shape index (κ2) is 8.90. The molecule has 4 aliphatic carbocycles. The predicted octanol–water partition coefficient (Wildman–Crippen LogP) is 7.74. The number of ether oxygens (including phenoxy) is 2. The van der Waals surface area contributed by atoms with E-state index >= 15 is 70.2 Å². The quantitative estimate of drug-likeness (QED) is 0.144. The van der Waals surface area contributed by atoms with Crippen LogP contribution in [0.5, 0.6) is 0 Å². The number of esters is 2. The number of hydrogen-bond acceptors (Lipinski definition) is 4. The summed E-state index contributed by atoms with van der Waals surface area (Å²) in [6.45, 7) is 3.29. The highest BCUT2D eigenvalue weighted by Gasteiger charge is 3.27. The second-order valence-corrected chi connectivity index (χ2v) is 10.0. The molecule has 0 heterocycles. The fourth-order valence-corrected chi connectivity index (χ4v) is 6.01. The molecule has 0 atom stereocenters. The van der Waals surface area contributed by atoms with Gasteiger partial charge in [0, 0.05) is 0 Å². The van der Waals surface area contributed by atoms with Crippen molar-refractivity contribution >= 4 is 11.9 Å². The van der Waals surface area contributed by atoms with Crippen LogP contribution in [0.15, 0.2) is 24.8 Å². The largest absolute Gasteiger partial charge is 0.468 e. The van der Waals surface area contributed by atoms with Crippen LogP contribution in [0.3, 0.4) is 0 Å². The lowest BCUT2D eigenvalue weighted by Gasteiger charge is -2.78. The van der Waals surface area contributed by atoms with Crippen molar-refractivity contribution in [1.82, 2.24) is 0 Å². The summed E-state index contributed by atoms with van der Waals surface area (Å²) in [7, 11) is 0. The van der Waals surface area contributed by atoms with Crippen molar-refractivity contribution in [2.24, 2.45) is 10.8 Å². The average Bonchev–Trinajstić information content (AvgIpc) is 2.83. The first-order chi connectivity index (χ1) is 20.7. The third-order valence-electron chi connectivity index (χ3n) is 7.98. The van der Waals surface area contributed by atoms with Crippen molar-refractivity contribution in [2.45, 2.75) is 70.9 Å². The fraction of sp³-hybridized carbons (Fsp3) is 0.700. The van der Waals surface area contributed by atoms with Gasteiger partial charge in [0.15, 0.2) is 0 Å². The van der Waals surface area contributed by atoms with E-state index in [4.69, 9.17) is 0 Å². The van der Waals surface area contributed by atoms with Gasteiger partial charge in [-0.25, -0.2) is 62.3 Å². The molecule has 4 fully saturated rings. The fourth-order valence-electron chi connectivity index (χ4n) is 6.01. The SMILES string of the molecule is C=C(F)C(=O)OC(F)(F)C(F)(F)C12C(F)(F)C3(F)C(F)(F)C(F)(C1(F)F)C(F)(F)C(C(F)(F)C(F)(F)OC(=O)C(=C)F)(C3(F)F)C2(F)F. The molecule has 0 aliphatic heterocycles. The van der Waals surface area contributed by atoms with E-state index in [0.717, 1.165) is 0 Å². The maximum absolute atomic E-state index is 15.8. The molecule has 0 aromatic carbocycles. The van der Waals surface area contributed by atoms with Crippen LogP contribution in [0.2, 0.25) is 0 Å². The molecule has 4 saturated carbocycles. The molecule has 0 spiro atoms. The Bertz CT molecular complexity index is 1350. The number of halogens is 24. The van der Waals surface area contributed by atoms with Gasteiger partial charge in [0.05, 0.1) is 0 Å². The van der Waals surface area contributed by atoms with Gasteiger partial charge in [-0.15, -0.1) is 0 Å². The maximum Gasteiger partial charge on any atom is 0.468 e. The molecule has 4 nitrogen and oxygen atoms in total. The van der Waals surface area contributed by atoms with Gasteiger partial charge in [0.1, 0.15) is 0 Å². The monoisotopic (exact) mass is 764 g/mol. The first kappa shape index (κ1) is 39.2. The Balaban J connectivity index is 2.85. The van der Waals surface area contributed by atoms with Gasteiger partial charge in [-0.2, -0.15) is 52.7 Å². The van der Waals surface area contributed by atoms with E-state index in [-0.39, 0.29) is 0 Å². The third kappa shape index (κ3) is 2.96. The van der Waals surface area contributed by atoms with Crippen molar-refractivity contribution < 1.29 is 124 Å². The molecule has 0 amide bonds. The van der Waals surface area contributed by atoms with Gasteiger partial charge in [-0.05, 0) is 0 Å². The summed E-state index contributed by atoms with van der Waals surface area (Å²) >= 11 is 0. The van der Waals surface area contributed by atoms with Crippen molar-refractivity contribution in [3.05, 3.63) is 24.8 Å². The minimum absolute atomic E-state index is 1.65. The van der Waals surface area contributed by atoms with Crippen LogP contribution in [0, 0.1) is 10.8 Å². The molecule has 28 heteroatoms. The zero-order chi connectivity index (χ0) is 38.7. The first-order valence-corrected chi connectivity index (χ1v) is 11.0. The molecular formula is C20H4F24O4. The van der Waals surface area contributed by atoms with Crippen LogP contribution in [-0.2, 0) is 19.1 Å². The van der Waals surface area contributed by atoms with Crippen LogP contribution >= 0.6 is 0 Å². The molecule has 0 unspecified atom stereocenters. The molecule has 276 valence electrons. The van der Waals surface area contributed by atoms with Crippen LogP contribution < -0.4 is 0 Å². The Kier molecular flexibility index (Phi) is 7.27. The Morgan fingerprint density at radius 3 is 0.812 bits per heavy atom. The van der Waals surface area contributed by atoms with Gasteiger partial charge in [-0.1, -0.05) is 13.2 Å². The van der Waals surface area contributed by atoms with E-state index in [9.17, 15) is 44.7 Å². The summed E-state index contributed by atoms with van der Waals surface area (Å²) in [5.74, 6) is -90.2. The smallest absolute Gasteiger partial charge is 0.391 e. The summed E-state index contributed by atoms with van der Waals surface area (Å²) in [5.41, 5.74) is -38.2. The third-order valence-corrected chi connectivity index (χ3v) is 7.98. The lowest BCUT2D eigenvalue weighted by Crippen LogP contribution is -3.10. The Hall–Kier alpha value is -3.26. The molecule has 0 radical (unpaired) electrons. The van der Waals surface area contributed by atoms with Crippen molar-refractivity contribution in [1.29, 1.82) is 0 Å². The molecular weight excluding hydrogens is 760 g/mol. The average molecular weight is 764 g/mol. The van der Waals surface area contributed by atoms with Crippen molar-refractivity contribution in [3.63, 3.8) is 0 Å². The number of carbonyl (C=O) groups excluding carboxylic acids is 2. The summed E-state index contributed by atoms with van der Waals surface area (Å²) < 4.78 is 363. The van der Waals surface area contributed by atoms with E-state index < -0.39 is 105 Å². The van der Waals surface area contributed by atoms with Crippen LogP contribution in [-0.4, -0.2) is 82.9 Å². The van der Waals surface area contributed by atoms with Gasteiger partial charge < -0.3 is 9.47 Å². The van der Waals surface area contributed by atoms with Gasteiger partial charge in [0.2, 0.25) is 22.5 Å². The van der Waals surface area contributed by atoms with Gasteiger partial charge in [0.25, 0.3) is 5.92 Å². The molecule has 0 saturated heterocycles. The number of carbonyl (C=O) groups is 2.